The molecule has 0 unspecified atom stereocenters. The SMILES string of the molecule is O=C(OCC(=O)c1ccc[nH]1)c1ccc(Cl)c([N+](=O)[O-])c1. The number of esters is 1. The van der Waals surface area contributed by atoms with Crippen molar-refractivity contribution in [2.24, 2.45) is 0 Å². The fourth-order valence-electron chi connectivity index (χ4n) is 1.58. The molecule has 0 aliphatic carbocycles. The Hall–Kier alpha value is -2.67. The van der Waals surface area contributed by atoms with Crippen LogP contribution in [-0.2, 0) is 4.74 Å². The van der Waals surface area contributed by atoms with E-state index in [9.17, 15) is 19.7 Å². The molecule has 0 bridgehead atoms. The van der Waals surface area contributed by atoms with Gasteiger partial charge in [0.05, 0.1) is 16.2 Å². The Bertz CT molecular complexity index is 697. The van der Waals surface area contributed by atoms with E-state index in [1.807, 2.05) is 0 Å². The van der Waals surface area contributed by atoms with Crippen LogP contribution in [0.5, 0.6) is 0 Å². The summed E-state index contributed by atoms with van der Waals surface area (Å²) in [5.74, 6) is -1.24. The molecule has 2 aromatic rings. The van der Waals surface area contributed by atoms with Gasteiger partial charge < -0.3 is 9.72 Å². The topological polar surface area (TPSA) is 102 Å². The molecule has 0 saturated carbocycles. The van der Waals surface area contributed by atoms with Crippen LogP contribution in [0.3, 0.4) is 0 Å². The first kappa shape index (κ1) is 14.7. The predicted octanol–water partition coefficient (Wildman–Crippen LogP) is 2.62. The molecule has 0 fully saturated rings. The van der Waals surface area contributed by atoms with Gasteiger partial charge in [0, 0.05) is 12.3 Å². The number of Topliss-reactive ketones (excluding diaryl/α,β-unsaturated/α-hetero) is 1. The van der Waals surface area contributed by atoms with Crippen LogP contribution >= 0.6 is 11.6 Å². The molecular formula is C13H9ClN2O5. The van der Waals surface area contributed by atoms with E-state index in [4.69, 9.17) is 16.3 Å². The minimum absolute atomic E-state index is 0.0506. The normalized spacial score (nSPS) is 10.1. The number of nitro groups is 1. The summed E-state index contributed by atoms with van der Waals surface area (Å²) in [6.07, 6.45) is 1.57. The van der Waals surface area contributed by atoms with Gasteiger partial charge in [0.25, 0.3) is 5.69 Å². The number of halogens is 1. The molecule has 1 aromatic carbocycles. The highest BCUT2D eigenvalue weighted by Crippen LogP contribution is 2.25. The van der Waals surface area contributed by atoms with Gasteiger partial charge in [0.2, 0.25) is 5.78 Å². The van der Waals surface area contributed by atoms with Crippen LogP contribution in [0.1, 0.15) is 20.8 Å². The van der Waals surface area contributed by atoms with Gasteiger partial charge in [-0.1, -0.05) is 11.6 Å². The van der Waals surface area contributed by atoms with E-state index in [0.29, 0.717) is 5.69 Å². The Morgan fingerprint density at radius 3 is 2.71 bits per heavy atom. The van der Waals surface area contributed by atoms with Crippen molar-refractivity contribution in [3.05, 3.63) is 62.9 Å². The second-order valence-electron chi connectivity index (χ2n) is 4.01. The maximum Gasteiger partial charge on any atom is 0.338 e. The van der Waals surface area contributed by atoms with Crippen LogP contribution in [0, 0.1) is 10.1 Å². The van der Waals surface area contributed by atoms with Crippen LogP contribution < -0.4 is 0 Å². The summed E-state index contributed by atoms with van der Waals surface area (Å²) in [5.41, 5.74) is -0.142. The largest absolute Gasteiger partial charge is 0.454 e. The molecule has 0 atom stereocenters. The van der Waals surface area contributed by atoms with Crippen LogP contribution in [-0.4, -0.2) is 28.3 Å². The van der Waals surface area contributed by atoms with Gasteiger partial charge in [-0.05, 0) is 24.3 Å². The zero-order chi connectivity index (χ0) is 15.4. The Morgan fingerprint density at radius 1 is 1.33 bits per heavy atom. The Morgan fingerprint density at radius 2 is 2.10 bits per heavy atom. The van der Waals surface area contributed by atoms with E-state index < -0.39 is 29.0 Å². The number of nitrogens with one attached hydrogen (secondary N) is 1. The number of benzene rings is 1. The number of nitro benzene ring substituents is 1. The average molecular weight is 309 g/mol. The van der Waals surface area contributed by atoms with Gasteiger partial charge in [-0.15, -0.1) is 0 Å². The highest BCUT2D eigenvalue weighted by molar-refractivity contribution is 6.32. The highest BCUT2D eigenvalue weighted by atomic mass is 35.5. The van der Waals surface area contributed by atoms with E-state index in [1.165, 1.54) is 12.1 Å². The molecule has 0 amide bonds. The Labute approximate surface area is 123 Å². The molecule has 21 heavy (non-hydrogen) atoms. The minimum atomic E-state index is -0.838. The number of ketones is 1. The molecule has 1 heterocycles. The average Bonchev–Trinajstić information content (AvgIpc) is 2.98. The maximum atomic E-state index is 11.8. The summed E-state index contributed by atoms with van der Waals surface area (Å²) in [6.45, 7) is -0.463. The second-order valence-corrected chi connectivity index (χ2v) is 4.41. The number of aromatic nitrogens is 1. The summed E-state index contributed by atoms with van der Waals surface area (Å²) < 4.78 is 4.81. The number of carbonyl (C=O) groups excluding carboxylic acids is 2. The lowest BCUT2D eigenvalue weighted by Crippen LogP contribution is -2.14. The van der Waals surface area contributed by atoms with Crippen molar-refractivity contribution in [3.8, 4) is 0 Å². The minimum Gasteiger partial charge on any atom is -0.454 e. The third kappa shape index (κ3) is 3.46. The quantitative estimate of drug-likeness (QED) is 0.396. The zero-order valence-electron chi connectivity index (χ0n) is 10.5. The molecule has 7 nitrogen and oxygen atoms in total. The summed E-state index contributed by atoms with van der Waals surface area (Å²) in [5, 5.41) is 10.6. The number of nitrogens with zero attached hydrogens (tertiary/aromatic N) is 1. The summed E-state index contributed by atoms with van der Waals surface area (Å²) in [6, 6.07) is 6.70. The van der Waals surface area contributed by atoms with Crippen molar-refractivity contribution in [1.29, 1.82) is 0 Å². The lowest BCUT2D eigenvalue weighted by atomic mass is 10.2. The molecule has 108 valence electrons. The van der Waals surface area contributed by atoms with Crippen molar-refractivity contribution in [3.63, 3.8) is 0 Å². The fourth-order valence-corrected chi connectivity index (χ4v) is 1.76. The predicted molar refractivity (Wildman–Crippen MR) is 73.5 cm³/mol. The third-order valence-electron chi connectivity index (χ3n) is 2.61. The van der Waals surface area contributed by atoms with Gasteiger partial charge in [0.1, 0.15) is 5.02 Å². The van der Waals surface area contributed by atoms with Crippen LogP contribution in [0.15, 0.2) is 36.5 Å². The lowest BCUT2D eigenvalue weighted by Gasteiger charge is -2.04. The highest BCUT2D eigenvalue weighted by Gasteiger charge is 2.18. The molecule has 2 rings (SSSR count). The van der Waals surface area contributed by atoms with Gasteiger partial charge in [-0.3, -0.25) is 14.9 Å². The standard InChI is InChI=1S/C13H9ClN2O5/c14-9-4-3-8(6-11(9)16(19)20)13(18)21-7-12(17)10-2-1-5-15-10/h1-6,15H,7H2. The molecule has 1 aromatic heterocycles. The number of carbonyl (C=O) groups is 2. The Balaban J connectivity index is 2.05. The van der Waals surface area contributed by atoms with Gasteiger partial charge in [0.15, 0.2) is 6.61 Å². The van der Waals surface area contributed by atoms with E-state index in [1.54, 1.807) is 18.3 Å². The van der Waals surface area contributed by atoms with Gasteiger partial charge >= 0.3 is 5.97 Å². The van der Waals surface area contributed by atoms with Crippen LogP contribution in [0.2, 0.25) is 5.02 Å². The van der Waals surface area contributed by atoms with E-state index in [0.717, 1.165) is 6.07 Å². The third-order valence-corrected chi connectivity index (χ3v) is 2.93. The van der Waals surface area contributed by atoms with Gasteiger partial charge in [-0.2, -0.15) is 0 Å². The molecule has 0 aliphatic rings. The first-order valence-electron chi connectivity index (χ1n) is 5.76. The van der Waals surface area contributed by atoms with E-state index in [-0.39, 0.29) is 10.6 Å². The number of aromatic amines is 1. The first-order valence-corrected chi connectivity index (χ1v) is 6.14. The van der Waals surface area contributed by atoms with Gasteiger partial charge in [-0.25, -0.2) is 4.79 Å². The molecule has 0 saturated heterocycles. The molecule has 8 heteroatoms. The molecule has 1 N–H and O–H groups in total. The fraction of sp³-hybridized carbons (Fsp3) is 0.0769. The van der Waals surface area contributed by atoms with Crippen LogP contribution in [0.4, 0.5) is 5.69 Å². The first-order chi connectivity index (χ1) is 9.99. The van der Waals surface area contributed by atoms with Crippen molar-refractivity contribution in [2.45, 2.75) is 0 Å². The number of hydrogen-bond donors (Lipinski definition) is 1. The summed E-state index contributed by atoms with van der Waals surface area (Å²) in [7, 11) is 0. The monoisotopic (exact) mass is 308 g/mol. The molecule has 0 spiro atoms. The number of hydrogen-bond acceptors (Lipinski definition) is 5. The van der Waals surface area contributed by atoms with E-state index in [2.05, 4.69) is 4.98 Å². The molecule has 0 aliphatic heterocycles. The number of ether oxygens (including phenoxy) is 1. The smallest absolute Gasteiger partial charge is 0.338 e. The van der Waals surface area contributed by atoms with E-state index >= 15 is 0 Å². The molecular weight excluding hydrogens is 300 g/mol. The van der Waals surface area contributed by atoms with Crippen molar-refractivity contribution >= 4 is 29.0 Å². The zero-order valence-corrected chi connectivity index (χ0v) is 11.3. The summed E-state index contributed by atoms with van der Waals surface area (Å²) >= 11 is 5.64. The molecule has 0 radical (unpaired) electrons. The second kappa shape index (κ2) is 6.19. The van der Waals surface area contributed by atoms with Crippen molar-refractivity contribution < 1.29 is 19.2 Å². The Kier molecular flexibility index (Phi) is 4.34. The summed E-state index contributed by atoms with van der Waals surface area (Å²) in [4.78, 5) is 36.1. The number of rotatable bonds is 5. The van der Waals surface area contributed by atoms with Crippen LogP contribution in [0.25, 0.3) is 0 Å². The number of H-pyrrole nitrogens is 1. The lowest BCUT2D eigenvalue weighted by molar-refractivity contribution is -0.384. The van der Waals surface area contributed by atoms with Crippen molar-refractivity contribution in [2.75, 3.05) is 6.61 Å². The van der Waals surface area contributed by atoms with Crippen molar-refractivity contribution in [1.82, 2.24) is 4.98 Å². The maximum absolute atomic E-state index is 11.8.